The highest BCUT2D eigenvalue weighted by atomic mass is 35.5. The van der Waals surface area contributed by atoms with Gasteiger partial charge in [-0.15, -0.1) is 0 Å². The van der Waals surface area contributed by atoms with Crippen LogP contribution in [0.4, 0.5) is 0 Å². The van der Waals surface area contributed by atoms with Crippen LogP contribution in [0.1, 0.15) is 5.89 Å². The van der Waals surface area contributed by atoms with Gasteiger partial charge in [0.1, 0.15) is 11.5 Å². The third-order valence-corrected chi connectivity index (χ3v) is 4.26. The van der Waals surface area contributed by atoms with E-state index in [4.69, 9.17) is 37.2 Å². The second-order valence-electron chi connectivity index (χ2n) is 5.70. The predicted octanol–water partition coefficient (Wildman–Crippen LogP) is 3.79. The lowest BCUT2D eigenvalue weighted by atomic mass is 10.2. The number of rotatable bonds is 8. The summed E-state index contributed by atoms with van der Waals surface area (Å²) in [6.07, 6.45) is 0.399. The zero-order valence-corrected chi connectivity index (χ0v) is 16.5. The molecule has 0 bridgehead atoms. The van der Waals surface area contributed by atoms with Crippen molar-refractivity contribution in [3.05, 3.63) is 58.4 Å². The molecule has 2 aromatic carbocycles. The van der Waals surface area contributed by atoms with E-state index in [-0.39, 0.29) is 12.5 Å². The summed E-state index contributed by atoms with van der Waals surface area (Å²) in [5.74, 6) is 1.75. The maximum Gasteiger partial charge on any atom is 0.257 e. The normalized spacial score (nSPS) is 10.5. The number of halogens is 2. The third kappa shape index (κ3) is 5.37. The van der Waals surface area contributed by atoms with E-state index in [9.17, 15) is 4.79 Å². The van der Waals surface area contributed by atoms with Crippen molar-refractivity contribution >= 4 is 29.1 Å². The largest absolute Gasteiger partial charge is 0.497 e. The van der Waals surface area contributed by atoms with Crippen molar-refractivity contribution in [2.45, 2.75) is 6.42 Å². The van der Waals surface area contributed by atoms with Gasteiger partial charge in [-0.25, -0.2) is 0 Å². The minimum Gasteiger partial charge on any atom is -0.497 e. The highest BCUT2D eigenvalue weighted by molar-refractivity contribution is 6.35. The Morgan fingerprint density at radius 2 is 1.96 bits per heavy atom. The molecule has 1 aromatic heterocycles. The van der Waals surface area contributed by atoms with Gasteiger partial charge in [0.2, 0.25) is 11.7 Å². The van der Waals surface area contributed by atoms with Gasteiger partial charge in [0.25, 0.3) is 5.91 Å². The van der Waals surface area contributed by atoms with Crippen molar-refractivity contribution < 1.29 is 18.8 Å². The molecule has 0 unspecified atom stereocenters. The summed E-state index contributed by atoms with van der Waals surface area (Å²) in [5.41, 5.74) is 0.813. The summed E-state index contributed by atoms with van der Waals surface area (Å²) in [6, 6.07) is 12.1. The number of hydrogen-bond acceptors (Lipinski definition) is 6. The van der Waals surface area contributed by atoms with Crippen molar-refractivity contribution in [1.29, 1.82) is 0 Å². The fourth-order valence-electron chi connectivity index (χ4n) is 2.31. The summed E-state index contributed by atoms with van der Waals surface area (Å²) in [6.45, 7) is 0.170. The van der Waals surface area contributed by atoms with Crippen molar-refractivity contribution in [2.75, 3.05) is 20.3 Å². The maximum atomic E-state index is 11.9. The Morgan fingerprint density at radius 3 is 2.68 bits per heavy atom. The summed E-state index contributed by atoms with van der Waals surface area (Å²) in [7, 11) is 1.60. The van der Waals surface area contributed by atoms with Crippen molar-refractivity contribution in [1.82, 2.24) is 15.5 Å². The molecule has 0 spiro atoms. The van der Waals surface area contributed by atoms with Gasteiger partial charge < -0.3 is 19.3 Å². The van der Waals surface area contributed by atoms with E-state index in [1.807, 2.05) is 24.3 Å². The van der Waals surface area contributed by atoms with E-state index in [0.29, 0.717) is 40.5 Å². The Morgan fingerprint density at radius 1 is 1.18 bits per heavy atom. The number of carbonyl (C=O) groups excluding carboxylic acids is 1. The number of carbonyl (C=O) groups is 1. The van der Waals surface area contributed by atoms with E-state index < -0.39 is 0 Å². The molecule has 1 N–H and O–H groups in total. The second-order valence-corrected chi connectivity index (χ2v) is 6.55. The number of ether oxygens (including phenoxy) is 2. The molecule has 1 heterocycles. The molecule has 146 valence electrons. The molecule has 0 atom stereocenters. The van der Waals surface area contributed by atoms with Crippen molar-refractivity contribution in [3.8, 4) is 22.9 Å². The Kier molecular flexibility index (Phi) is 6.73. The number of nitrogens with one attached hydrogen (secondary N) is 1. The van der Waals surface area contributed by atoms with Gasteiger partial charge >= 0.3 is 0 Å². The molecule has 0 radical (unpaired) electrons. The fourth-order valence-corrected chi connectivity index (χ4v) is 2.77. The summed E-state index contributed by atoms with van der Waals surface area (Å²) >= 11 is 11.8. The van der Waals surface area contributed by atoms with Gasteiger partial charge in [0.15, 0.2) is 6.61 Å². The first-order valence-corrected chi connectivity index (χ1v) is 9.12. The topological polar surface area (TPSA) is 86.5 Å². The van der Waals surface area contributed by atoms with Crippen LogP contribution < -0.4 is 14.8 Å². The van der Waals surface area contributed by atoms with Gasteiger partial charge in [-0.3, -0.25) is 4.79 Å². The third-order valence-electron chi connectivity index (χ3n) is 3.73. The van der Waals surface area contributed by atoms with Crippen LogP contribution in [0.2, 0.25) is 10.0 Å². The molecule has 0 saturated carbocycles. The first-order chi connectivity index (χ1) is 13.5. The maximum absolute atomic E-state index is 11.9. The van der Waals surface area contributed by atoms with Crippen LogP contribution in [0.5, 0.6) is 11.5 Å². The molecule has 0 aliphatic carbocycles. The van der Waals surface area contributed by atoms with Crippen LogP contribution >= 0.6 is 23.2 Å². The SMILES string of the molecule is COc1ccc(-c2noc(CCNC(=O)COc3ccc(Cl)cc3Cl)n2)cc1. The van der Waals surface area contributed by atoms with E-state index in [1.165, 1.54) is 0 Å². The van der Waals surface area contributed by atoms with E-state index in [2.05, 4.69) is 15.5 Å². The van der Waals surface area contributed by atoms with Gasteiger partial charge in [-0.05, 0) is 42.5 Å². The summed E-state index contributed by atoms with van der Waals surface area (Å²) in [5, 5.41) is 7.50. The molecule has 3 aromatic rings. The summed E-state index contributed by atoms with van der Waals surface area (Å²) < 4.78 is 15.7. The van der Waals surface area contributed by atoms with E-state index >= 15 is 0 Å². The smallest absolute Gasteiger partial charge is 0.257 e. The lowest BCUT2D eigenvalue weighted by Gasteiger charge is -2.08. The van der Waals surface area contributed by atoms with Gasteiger partial charge in [-0.1, -0.05) is 28.4 Å². The predicted molar refractivity (Wildman–Crippen MR) is 105 cm³/mol. The van der Waals surface area contributed by atoms with Gasteiger partial charge in [0.05, 0.1) is 12.1 Å². The van der Waals surface area contributed by atoms with E-state index in [1.54, 1.807) is 25.3 Å². The second kappa shape index (κ2) is 9.43. The highest BCUT2D eigenvalue weighted by Crippen LogP contribution is 2.27. The number of amides is 1. The minimum atomic E-state index is -0.291. The van der Waals surface area contributed by atoms with Crippen LogP contribution in [-0.4, -0.2) is 36.3 Å². The molecule has 1 amide bonds. The van der Waals surface area contributed by atoms with Crippen LogP contribution in [0.3, 0.4) is 0 Å². The zero-order chi connectivity index (χ0) is 19.9. The van der Waals surface area contributed by atoms with Crippen LogP contribution in [-0.2, 0) is 11.2 Å². The van der Waals surface area contributed by atoms with Gasteiger partial charge in [0, 0.05) is 23.6 Å². The number of benzene rings is 2. The van der Waals surface area contributed by atoms with Crippen LogP contribution in [0, 0.1) is 0 Å². The number of aromatic nitrogens is 2. The summed E-state index contributed by atoms with van der Waals surface area (Å²) in [4.78, 5) is 16.2. The highest BCUT2D eigenvalue weighted by Gasteiger charge is 2.10. The molecular weight excluding hydrogens is 405 g/mol. The molecule has 3 rings (SSSR count). The molecule has 7 nitrogen and oxygen atoms in total. The van der Waals surface area contributed by atoms with Gasteiger partial charge in [-0.2, -0.15) is 4.98 Å². The molecule has 28 heavy (non-hydrogen) atoms. The molecular formula is C19H17Cl2N3O4. The Hall–Kier alpha value is -2.77. The lowest BCUT2D eigenvalue weighted by molar-refractivity contribution is -0.123. The first kappa shape index (κ1) is 20.0. The number of nitrogens with zero attached hydrogens (tertiary/aromatic N) is 2. The average Bonchev–Trinajstić information content (AvgIpc) is 3.16. The lowest BCUT2D eigenvalue weighted by Crippen LogP contribution is -2.30. The zero-order valence-electron chi connectivity index (χ0n) is 14.9. The van der Waals surface area contributed by atoms with Crippen molar-refractivity contribution in [2.24, 2.45) is 0 Å². The average molecular weight is 422 g/mol. The number of methoxy groups -OCH3 is 1. The minimum absolute atomic E-state index is 0.164. The molecule has 0 fully saturated rings. The van der Waals surface area contributed by atoms with E-state index in [0.717, 1.165) is 11.3 Å². The molecule has 9 heteroatoms. The van der Waals surface area contributed by atoms with Crippen LogP contribution in [0.15, 0.2) is 47.0 Å². The monoisotopic (exact) mass is 421 g/mol. The Bertz CT molecular complexity index is 945. The Labute approximate surface area is 171 Å². The van der Waals surface area contributed by atoms with Crippen molar-refractivity contribution in [3.63, 3.8) is 0 Å². The number of hydrogen-bond donors (Lipinski definition) is 1. The first-order valence-electron chi connectivity index (χ1n) is 8.36. The quantitative estimate of drug-likeness (QED) is 0.595. The standard InChI is InChI=1S/C19H17Cl2N3O4/c1-26-14-5-2-12(3-6-14)19-23-18(28-24-19)8-9-22-17(25)11-27-16-7-4-13(20)10-15(16)21/h2-7,10H,8-9,11H2,1H3,(H,22,25). The molecule has 0 aliphatic heterocycles. The molecule has 0 saturated heterocycles. The Balaban J connectivity index is 1.44. The molecule has 0 aliphatic rings. The van der Waals surface area contributed by atoms with Crippen LogP contribution in [0.25, 0.3) is 11.4 Å². The fraction of sp³-hybridized carbons (Fsp3) is 0.211.